The van der Waals surface area contributed by atoms with Crippen LogP contribution in [0.25, 0.3) is 0 Å². The van der Waals surface area contributed by atoms with Gasteiger partial charge in [-0.05, 0) is 23.8 Å². The van der Waals surface area contributed by atoms with Gasteiger partial charge in [0.15, 0.2) is 6.10 Å². The summed E-state index contributed by atoms with van der Waals surface area (Å²) in [5, 5.41) is 17.4. The molecule has 0 radical (unpaired) electrons. The molecule has 0 bridgehead atoms. The van der Waals surface area contributed by atoms with Crippen LogP contribution in [-0.2, 0) is 11.2 Å². The van der Waals surface area contributed by atoms with E-state index in [9.17, 15) is 9.18 Å². The molecule has 0 spiro atoms. The molecule has 0 saturated carbocycles. The van der Waals surface area contributed by atoms with Gasteiger partial charge in [0.05, 0.1) is 0 Å². The Kier molecular flexibility index (Phi) is 3.60. The zero-order chi connectivity index (χ0) is 10.7. The van der Waals surface area contributed by atoms with Crippen LogP contribution in [0, 0.1) is 5.82 Å². The second kappa shape index (κ2) is 4.52. The maximum atomic E-state index is 13.1. The van der Waals surface area contributed by atoms with Crippen molar-refractivity contribution in [1.82, 2.24) is 0 Å². The van der Waals surface area contributed by atoms with Gasteiger partial charge in [-0.3, -0.25) is 0 Å². The van der Waals surface area contributed by atoms with E-state index < -0.39 is 17.9 Å². The molecule has 1 aromatic carbocycles. The first kappa shape index (κ1) is 11.1. The molecule has 0 aliphatic rings. The van der Waals surface area contributed by atoms with E-state index in [1.807, 2.05) is 0 Å². The third-order valence-electron chi connectivity index (χ3n) is 1.71. The van der Waals surface area contributed by atoms with Crippen LogP contribution in [0.5, 0.6) is 0 Å². The van der Waals surface area contributed by atoms with Crippen LogP contribution < -0.4 is 0 Å². The van der Waals surface area contributed by atoms with Gasteiger partial charge in [-0.25, -0.2) is 9.18 Å². The highest BCUT2D eigenvalue weighted by molar-refractivity contribution is 9.10. The van der Waals surface area contributed by atoms with Crippen LogP contribution in [0.2, 0.25) is 0 Å². The summed E-state index contributed by atoms with van der Waals surface area (Å²) >= 11 is 3.13. The molecule has 14 heavy (non-hydrogen) atoms. The van der Waals surface area contributed by atoms with E-state index >= 15 is 0 Å². The molecule has 1 aromatic rings. The summed E-state index contributed by atoms with van der Waals surface area (Å²) < 4.78 is 13.7. The van der Waals surface area contributed by atoms with Crippen LogP contribution >= 0.6 is 15.9 Å². The normalized spacial score (nSPS) is 12.5. The second-order valence-corrected chi connectivity index (χ2v) is 3.71. The number of carbonyl (C=O) groups is 1. The van der Waals surface area contributed by atoms with Gasteiger partial charge in [-0.1, -0.05) is 15.9 Å². The van der Waals surface area contributed by atoms with Gasteiger partial charge >= 0.3 is 5.97 Å². The highest BCUT2D eigenvalue weighted by atomic mass is 79.9. The first-order valence-electron chi connectivity index (χ1n) is 3.85. The molecule has 0 heterocycles. The molecule has 0 aliphatic carbocycles. The van der Waals surface area contributed by atoms with Crippen molar-refractivity contribution in [3.05, 3.63) is 34.1 Å². The quantitative estimate of drug-likeness (QED) is 0.870. The van der Waals surface area contributed by atoms with Crippen LogP contribution in [0.3, 0.4) is 0 Å². The smallest absolute Gasteiger partial charge is 0.332 e. The number of carboxylic acids is 1. The van der Waals surface area contributed by atoms with Crippen molar-refractivity contribution in [2.45, 2.75) is 12.5 Å². The van der Waals surface area contributed by atoms with E-state index in [0.717, 1.165) is 0 Å². The largest absolute Gasteiger partial charge is 0.479 e. The van der Waals surface area contributed by atoms with E-state index in [1.165, 1.54) is 18.2 Å². The Labute approximate surface area is 88.3 Å². The fourth-order valence-electron chi connectivity index (χ4n) is 0.995. The maximum absolute atomic E-state index is 13.1. The highest BCUT2D eigenvalue weighted by Crippen LogP contribution is 2.16. The van der Waals surface area contributed by atoms with Crippen molar-refractivity contribution < 1.29 is 19.4 Å². The van der Waals surface area contributed by atoms with Crippen molar-refractivity contribution >= 4 is 21.9 Å². The Morgan fingerprint density at radius 2 is 2.21 bits per heavy atom. The summed E-state index contributed by atoms with van der Waals surface area (Å²) in [7, 11) is 0. The summed E-state index contributed by atoms with van der Waals surface area (Å²) in [6.45, 7) is 0. The van der Waals surface area contributed by atoms with Crippen molar-refractivity contribution in [2.24, 2.45) is 0 Å². The first-order valence-corrected chi connectivity index (χ1v) is 4.65. The van der Waals surface area contributed by atoms with Crippen LogP contribution in [0.15, 0.2) is 22.7 Å². The Hall–Kier alpha value is -0.940. The number of hydrogen-bond donors (Lipinski definition) is 2. The van der Waals surface area contributed by atoms with Crippen LogP contribution in [0.1, 0.15) is 5.56 Å². The van der Waals surface area contributed by atoms with Gasteiger partial charge in [0, 0.05) is 10.9 Å². The maximum Gasteiger partial charge on any atom is 0.332 e. The Balaban J connectivity index is 2.85. The zero-order valence-electron chi connectivity index (χ0n) is 7.08. The molecule has 1 atom stereocenters. The lowest BCUT2D eigenvalue weighted by Crippen LogP contribution is -2.22. The highest BCUT2D eigenvalue weighted by Gasteiger charge is 2.16. The molecule has 0 amide bonds. The Bertz CT molecular complexity index is 354. The van der Waals surface area contributed by atoms with E-state index in [0.29, 0.717) is 4.47 Å². The first-order chi connectivity index (χ1) is 6.50. The van der Waals surface area contributed by atoms with Gasteiger partial charge in [-0.2, -0.15) is 0 Å². The monoisotopic (exact) mass is 262 g/mol. The SMILES string of the molecule is O=C(O)C(O)Cc1cc(Br)ccc1F. The van der Waals surface area contributed by atoms with E-state index in [-0.39, 0.29) is 12.0 Å². The minimum Gasteiger partial charge on any atom is -0.479 e. The van der Waals surface area contributed by atoms with Gasteiger partial charge in [0.1, 0.15) is 5.82 Å². The van der Waals surface area contributed by atoms with Crippen molar-refractivity contribution in [3.63, 3.8) is 0 Å². The van der Waals surface area contributed by atoms with Crippen molar-refractivity contribution in [3.8, 4) is 0 Å². The molecule has 3 nitrogen and oxygen atoms in total. The predicted octanol–water partition coefficient (Wildman–Crippen LogP) is 1.58. The molecule has 0 aromatic heterocycles. The van der Waals surface area contributed by atoms with E-state index in [2.05, 4.69) is 15.9 Å². The third kappa shape index (κ3) is 2.78. The average Bonchev–Trinajstić information content (AvgIpc) is 2.11. The lowest BCUT2D eigenvalue weighted by Gasteiger charge is -2.06. The number of benzene rings is 1. The molecule has 0 saturated heterocycles. The van der Waals surface area contributed by atoms with Crippen molar-refractivity contribution in [1.29, 1.82) is 0 Å². The zero-order valence-corrected chi connectivity index (χ0v) is 8.66. The van der Waals surface area contributed by atoms with Gasteiger partial charge in [-0.15, -0.1) is 0 Å². The lowest BCUT2D eigenvalue weighted by atomic mass is 10.1. The molecule has 5 heteroatoms. The summed E-state index contributed by atoms with van der Waals surface area (Å²) in [6.07, 6.45) is -1.81. The fraction of sp³-hybridized carbons (Fsp3) is 0.222. The fourth-order valence-corrected chi connectivity index (χ4v) is 1.40. The topological polar surface area (TPSA) is 57.5 Å². The Morgan fingerprint density at radius 1 is 1.57 bits per heavy atom. The van der Waals surface area contributed by atoms with E-state index in [1.54, 1.807) is 0 Å². The van der Waals surface area contributed by atoms with Gasteiger partial charge < -0.3 is 10.2 Å². The van der Waals surface area contributed by atoms with Crippen molar-refractivity contribution in [2.75, 3.05) is 0 Å². The van der Waals surface area contributed by atoms with E-state index in [4.69, 9.17) is 10.2 Å². The molecule has 0 aliphatic heterocycles. The lowest BCUT2D eigenvalue weighted by molar-refractivity contribution is -0.146. The third-order valence-corrected chi connectivity index (χ3v) is 2.20. The van der Waals surface area contributed by atoms with Crippen LogP contribution in [-0.4, -0.2) is 22.3 Å². The van der Waals surface area contributed by atoms with Gasteiger partial charge in [0.2, 0.25) is 0 Å². The van der Waals surface area contributed by atoms with Crippen LogP contribution in [0.4, 0.5) is 4.39 Å². The molecule has 1 unspecified atom stereocenters. The standard InChI is InChI=1S/C9H8BrFO3/c10-6-1-2-7(11)5(3-6)4-8(12)9(13)14/h1-3,8,12H,4H2,(H,13,14). The number of aliphatic hydroxyl groups is 1. The summed E-state index contributed by atoms with van der Waals surface area (Å²) in [5.41, 5.74) is 0.175. The molecule has 76 valence electrons. The molecule has 1 rings (SSSR count). The minimum atomic E-state index is -1.57. The molecular formula is C9H8BrFO3. The summed E-state index contributed by atoms with van der Waals surface area (Å²) in [5.74, 6) is -1.88. The molecule has 2 N–H and O–H groups in total. The second-order valence-electron chi connectivity index (χ2n) is 2.79. The van der Waals surface area contributed by atoms with Gasteiger partial charge in [0.25, 0.3) is 0 Å². The summed E-state index contributed by atoms with van der Waals surface area (Å²) in [6, 6.07) is 4.17. The average molecular weight is 263 g/mol. The number of aliphatic hydroxyl groups excluding tert-OH is 1. The molecular weight excluding hydrogens is 255 g/mol. The minimum absolute atomic E-state index is 0.175. The number of hydrogen-bond acceptors (Lipinski definition) is 2. The summed E-state index contributed by atoms with van der Waals surface area (Å²) in [4.78, 5) is 10.3. The number of carboxylic acid groups (broad SMARTS) is 1. The molecule has 0 fully saturated rings. The predicted molar refractivity (Wildman–Crippen MR) is 51.4 cm³/mol. The number of halogens is 2. The Morgan fingerprint density at radius 3 is 2.79 bits per heavy atom. The number of rotatable bonds is 3. The number of aliphatic carboxylic acids is 1.